The van der Waals surface area contributed by atoms with Gasteiger partial charge >= 0.3 is 0 Å². The van der Waals surface area contributed by atoms with Crippen molar-refractivity contribution in [2.75, 3.05) is 13.7 Å². The molecule has 0 atom stereocenters. The number of benzene rings is 1. The topological polar surface area (TPSA) is 55.4 Å². The van der Waals surface area contributed by atoms with E-state index in [1.54, 1.807) is 25.3 Å². The van der Waals surface area contributed by atoms with Crippen molar-refractivity contribution in [2.24, 2.45) is 5.92 Å². The van der Waals surface area contributed by atoms with Crippen LogP contribution in [0, 0.1) is 12.8 Å². The molecule has 0 aliphatic heterocycles. The van der Waals surface area contributed by atoms with Gasteiger partial charge in [-0.15, -0.1) is 0 Å². The van der Waals surface area contributed by atoms with Gasteiger partial charge in [-0.1, -0.05) is 0 Å². The van der Waals surface area contributed by atoms with Crippen molar-refractivity contribution in [3.63, 3.8) is 0 Å². The average Bonchev–Trinajstić information content (AvgIpc) is 3.19. The smallest absolute Gasteiger partial charge is 0.223 e. The molecular formula is C14H17NO3. The highest BCUT2D eigenvalue weighted by Gasteiger charge is 2.29. The Morgan fingerprint density at radius 1 is 1.39 bits per heavy atom. The Morgan fingerprint density at radius 2 is 2.11 bits per heavy atom. The van der Waals surface area contributed by atoms with Crippen LogP contribution in [0.15, 0.2) is 18.2 Å². The molecule has 0 saturated heterocycles. The number of nitrogens with one attached hydrogen (secondary N) is 1. The molecule has 0 unspecified atom stereocenters. The first-order valence-corrected chi connectivity index (χ1v) is 6.07. The van der Waals surface area contributed by atoms with Gasteiger partial charge in [-0.3, -0.25) is 9.59 Å². The Balaban J connectivity index is 1.95. The lowest BCUT2D eigenvalue weighted by Gasteiger charge is -2.07. The van der Waals surface area contributed by atoms with Gasteiger partial charge < -0.3 is 10.1 Å². The lowest BCUT2D eigenvalue weighted by atomic mass is 10.1. The van der Waals surface area contributed by atoms with E-state index in [-0.39, 0.29) is 24.2 Å². The first-order valence-electron chi connectivity index (χ1n) is 6.07. The van der Waals surface area contributed by atoms with Crippen LogP contribution in [0.25, 0.3) is 0 Å². The molecule has 1 aliphatic rings. The molecule has 1 fully saturated rings. The Kier molecular flexibility index (Phi) is 3.65. The number of aryl methyl sites for hydroxylation is 1. The number of hydrogen-bond donors (Lipinski definition) is 1. The highest BCUT2D eigenvalue weighted by atomic mass is 16.5. The fourth-order valence-electron chi connectivity index (χ4n) is 1.81. The Labute approximate surface area is 106 Å². The summed E-state index contributed by atoms with van der Waals surface area (Å²) in [5.41, 5.74) is 1.52. The van der Waals surface area contributed by atoms with Gasteiger partial charge in [0.15, 0.2) is 5.78 Å². The van der Waals surface area contributed by atoms with Crippen molar-refractivity contribution < 1.29 is 14.3 Å². The van der Waals surface area contributed by atoms with Gasteiger partial charge in [0.1, 0.15) is 5.75 Å². The quantitative estimate of drug-likeness (QED) is 0.806. The second-order valence-electron chi connectivity index (χ2n) is 4.60. The molecule has 0 spiro atoms. The molecule has 96 valence electrons. The number of ketones is 1. The second-order valence-corrected chi connectivity index (χ2v) is 4.60. The molecule has 0 bridgehead atoms. The normalized spacial score (nSPS) is 14.1. The number of ether oxygens (including phenoxy) is 1. The maximum atomic E-state index is 11.9. The van der Waals surface area contributed by atoms with Crippen LogP contribution in [0.4, 0.5) is 0 Å². The Morgan fingerprint density at radius 3 is 2.67 bits per heavy atom. The van der Waals surface area contributed by atoms with E-state index in [0.29, 0.717) is 5.56 Å². The SMILES string of the molecule is COc1ccc(C(=O)CNC(=O)C2CC2)cc1C. The van der Waals surface area contributed by atoms with Gasteiger partial charge in [0.2, 0.25) is 5.91 Å². The third-order valence-electron chi connectivity index (χ3n) is 3.09. The molecule has 1 N–H and O–H groups in total. The summed E-state index contributed by atoms with van der Waals surface area (Å²) in [5.74, 6) is 0.812. The standard InChI is InChI=1S/C14H17NO3/c1-9-7-11(5-6-13(9)18-2)12(16)8-15-14(17)10-3-4-10/h5-7,10H,3-4,8H2,1-2H3,(H,15,17). The summed E-state index contributed by atoms with van der Waals surface area (Å²) in [6.45, 7) is 1.96. The number of Topliss-reactive ketones (excluding diaryl/α,β-unsaturated/α-hetero) is 1. The van der Waals surface area contributed by atoms with Gasteiger partial charge in [-0.25, -0.2) is 0 Å². The molecule has 0 heterocycles. The molecule has 4 heteroatoms. The van der Waals surface area contributed by atoms with Gasteiger partial charge in [0.25, 0.3) is 0 Å². The van der Waals surface area contributed by atoms with E-state index in [1.807, 2.05) is 6.92 Å². The summed E-state index contributed by atoms with van der Waals surface area (Å²) in [4.78, 5) is 23.3. The van der Waals surface area contributed by atoms with Gasteiger partial charge in [-0.2, -0.15) is 0 Å². The van der Waals surface area contributed by atoms with Crippen LogP contribution in [0.1, 0.15) is 28.8 Å². The summed E-state index contributed by atoms with van der Waals surface area (Å²) in [5, 5.41) is 2.67. The number of hydrogen-bond acceptors (Lipinski definition) is 3. The number of methoxy groups -OCH3 is 1. The van der Waals surface area contributed by atoms with E-state index < -0.39 is 0 Å². The van der Waals surface area contributed by atoms with Crippen molar-refractivity contribution in [1.29, 1.82) is 0 Å². The lowest BCUT2D eigenvalue weighted by molar-refractivity contribution is -0.122. The van der Waals surface area contributed by atoms with Crippen molar-refractivity contribution in [2.45, 2.75) is 19.8 Å². The van der Waals surface area contributed by atoms with Crippen molar-refractivity contribution >= 4 is 11.7 Å². The zero-order valence-electron chi connectivity index (χ0n) is 10.7. The van der Waals surface area contributed by atoms with Crippen LogP contribution in [-0.2, 0) is 4.79 Å². The third kappa shape index (κ3) is 2.88. The van der Waals surface area contributed by atoms with E-state index in [4.69, 9.17) is 4.74 Å². The average molecular weight is 247 g/mol. The minimum atomic E-state index is -0.0743. The molecular weight excluding hydrogens is 230 g/mol. The van der Waals surface area contributed by atoms with Crippen LogP contribution in [0.5, 0.6) is 5.75 Å². The molecule has 18 heavy (non-hydrogen) atoms. The molecule has 1 saturated carbocycles. The van der Waals surface area contributed by atoms with Gasteiger partial charge in [-0.05, 0) is 43.5 Å². The summed E-state index contributed by atoms with van der Waals surface area (Å²) < 4.78 is 5.14. The van der Waals surface area contributed by atoms with Crippen LogP contribution < -0.4 is 10.1 Å². The molecule has 1 aromatic carbocycles. The zero-order valence-corrected chi connectivity index (χ0v) is 10.7. The predicted octanol–water partition coefficient (Wildman–Crippen LogP) is 1.71. The first kappa shape index (κ1) is 12.6. The fraction of sp³-hybridized carbons (Fsp3) is 0.429. The summed E-state index contributed by atoms with van der Waals surface area (Å²) in [6.07, 6.45) is 1.89. The van der Waals surface area contributed by atoms with Crippen LogP contribution in [0.2, 0.25) is 0 Å². The Hall–Kier alpha value is -1.84. The summed E-state index contributed by atoms with van der Waals surface area (Å²) >= 11 is 0. The zero-order chi connectivity index (χ0) is 13.1. The molecule has 1 aromatic rings. The first-order chi connectivity index (χ1) is 8.61. The number of carbonyl (C=O) groups excluding carboxylic acids is 2. The highest BCUT2D eigenvalue weighted by molar-refractivity contribution is 5.99. The summed E-state index contributed by atoms with van der Waals surface area (Å²) in [7, 11) is 1.60. The van der Waals surface area contributed by atoms with Gasteiger partial charge in [0.05, 0.1) is 13.7 Å². The van der Waals surface area contributed by atoms with Crippen LogP contribution in [-0.4, -0.2) is 25.3 Å². The molecule has 0 radical (unpaired) electrons. The van der Waals surface area contributed by atoms with E-state index in [0.717, 1.165) is 24.2 Å². The monoisotopic (exact) mass is 247 g/mol. The van der Waals surface area contributed by atoms with Crippen molar-refractivity contribution in [3.05, 3.63) is 29.3 Å². The van der Waals surface area contributed by atoms with Crippen LogP contribution >= 0.6 is 0 Å². The van der Waals surface area contributed by atoms with E-state index in [2.05, 4.69) is 5.32 Å². The number of carbonyl (C=O) groups is 2. The lowest BCUT2D eigenvalue weighted by Crippen LogP contribution is -2.30. The molecule has 4 nitrogen and oxygen atoms in total. The molecule has 2 rings (SSSR count). The van der Waals surface area contributed by atoms with Crippen LogP contribution in [0.3, 0.4) is 0 Å². The van der Waals surface area contributed by atoms with Crippen molar-refractivity contribution in [3.8, 4) is 5.75 Å². The number of rotatable bonds is 5. The van der Waals surface area contributed by atoms with E-state index in [1.165, 1.54) is 0 Å². The highest BCUT2D eigenvalue weighted by Crippen LogP contribution is 2.28. The van der Waals surface area contributed by atoms with E-state index in [9.17, 15) is 9.59 Å². The Bertz CT molecular complexity index is 478. The maximum Gasteiger partial charge on any atom is 0.223 e. The summed E-state index contributed by atoms with van der Waals surface area (Å²) in [6, 6.07) is 5.27. The van der Waals surface area contributed by atoms with Gasteiger partial charge in [0, 0.05) is 11.5 Å². The maximum absolute atomic E-state index is 11.9. The van der Waals surface area contributed by atoms with E-state index >= 15 is 0 Å². The predicted molar refractivity (Wildman–Crippen MR) is 67.8 cm³/mol. The fourth-order valence-corrected chi connectivity index (χ4v) is 1.81. The molecule has 1 aliphatic carbocycles. The minimum Gasteiger partial charge on any atom is -0.496 e. The largest absolute Gasteiger partial charge is 0.496 e. The minimum absolute atomic E-state index is 0.00594. The number of amides is 1. The third-order valence-corrected chi connectivity index (χ3v) is 3.09. The van der Waals surface area contributed by atoms with Crippen molar-refractivity contribution in [1.82, 2.24) is 5.32 Å². The second kappa shape index (κ2) is 5.21. The molecule has 1 amide bonds. The molecule has 0 aromatic heterocycles.